The van der Waals surface area contributed by atoms with E-state index in [4.69, 9.17) is 16.3 Å². The molecule has 1 N–H and O–H groups in total. The topological polar surface area (TPSA) is 68.6 Å². The van der Waals surface area contributed by atoms with Gasteiger partial charge in [-0.15, -0.1) is 0 Å². The summed E-state index contributed by atoms with van der Waals surface area (Å²) in [5, 5.41) is 15.4. The third-order valence-electron chi connectivity index (χ3n) is 5.49. The van der Waals surface area contributed by atoms with Crippen LogP contribution in [0.1, 0.15) is 18.1 Å². The fourth-order valence-corrected chi connectivity index (χ4v) is 4.01. The zero-order valence-electron chi connectivity index (χ0n) is 19.1. The molecule has 2 aromatic carbocycles. The highest BCUT2D eigenvalue weighted by atomic mass is 35.5. The number of amides is 1. The van der Waals surface area contributed by atoms with E-state index in [9.17, 15) is 27.5 Å². The third-order valence-corrected chi connectivity index (χ3v) is 5.84. The molecule has 0 aliphatic carbocycles. The number of hydrogen-bond donors (Lipinski definition) is 1. The number of carbonyl (C=O) groups excluding carboxylic acids is 1. The molecular weight excluding hydrogens is 492 g/mol. The van der Waals surface area contributed by atoms with Gasteiger partial charge in [0.25, 0.3) is 0 Å². The maximum absolute atomic E-state index is 14.4. The summed E-state index contributed by atoms with van der Waals surface area (Å²) >= 11 is 6.16. The van der Waals surface area contributed by atoms with Gasteiger partial charge in [-0.2, -0.15) is 18.3 Å². The van der Waals surface area contributed by atoms with Crippen LogP contribution in [0.2, 0.25) is 5.02 Å². The lowest BCUT2D eigenvalue weighted by molar-refractivity contribution is -0.153. The molecule has 1 aliphatic rings. The molecule has 0 unspecified atom stereocenters. The average molecular weight is 517 g/mol. The van der Waals surface area contributed by atoms with E-state index >= 15 is 0 Å². The SMILES string of the molecule is CCN(C=O)/C(CO)=N\N(C)c1cc2c(c(OCC(F)(F)F)c1)N(Cc1c(F)cccc1Cl)CC2. The first-order chi connectivity index (χ1) is 16.6. The molecule has 0 atom stereocenters. The van der Waals surface area contributed by atoms with Gasteiger partial charge in [0.05, 0.1) is 11.4 Å². The van der Waals surface area contributed by atoms with Crippen molar-refractivity contribution in [3.8, 4) is 5.75 Å². The summed E-state index contributed by atoms with van der Waals surface area (Å²) in [6.45, 7) is 0.406. The summed E-state index contributed by atoms with van der Waals surface area (Å²) in [5.74, 6) is -0.490. The largest absolute Gasteiger partial charge is 0.482 e. The number of hydrazone groups is 1. The maximum Gasteiger partial charge on any atom is 0.422 e. The van der Waals surface area contributed by atoms with Crippen LogP contribution >= 0.6 is 11.6 Å². The Hall–Kier alpha value is -3.05. The minimum absolute atomic E-state index is 0.0462. The predicted octanol–water partition coefficient (Wildman–Crippen LogP) is 4.20. The lowest BCUT2D eigenvalue weighted by Gasteiger charge is -2.25. The lowest BCUT2D eigenvalue weighted by atomic mass is 10.1. The van der Waals surface area contributed by atoms with E-state index in [2.05, 4.69) is 5.10 Å². The smallest absolute Gasteiger partial charge is 0.422 e. The molecule has 12 heteroatoms. The number of halogens is 5. The summed E-state index contributed by atoms with van der Waals surface area (Å²) in [6.07, 6.45) is -3.58. The fourth-order valence-electron chi connectivity index (χ4n) is 3.78. The molecule has 7 nitrogen and oxygen atoms in total. The van der Waals surface area contributed by atoms with Crippen LogP contribution in [0.15, 0.2) is 35.4 Å². The molecule has 190 valence electrons. The Morgan fingerprint density at radius 3 is 2.69 bits per heavy atom. The number of likely N-dealkylation sites (N-methyl/N-ethyl adjacent to an activating group) is 1. The van der Waals surface area contributed by atoms with E-state index < -0.39 is 25.2 Å². The van der Waals surface area contributed by atoms with Crippen molar-refractivity contribution in [2.75, 3.05) is 43.3 Å². The van der Waals surface area contributed by atoms with Crippen LogP contribution in [-0.2, 0) is 17.8 Å². The van der Waals surface area contributed by atoms with Crippen LogP contribution < -0.4 is 14.6 Å². The number of nitrogens with zero attached hydrogens (tertiary/aromatic N) is 4. The summed E-state index contributed by atoms with van der Waals surface area (Å²) < 4.78 is 58.5. The van der Waals surface area contributed by atoms with Crippen LogP contribution in [-0.4, -0.2) is 61.8 Å². The molecule has 0 spiro atoms. The van der Waals surface area contributed by atoms with Crippen molar-refractivity contribution in [2.24, 2.45) is 5.10 Å². The second kappa shape index (κ2) is 11.1. The fraction of sp³-hybridized carbons (Fsp3) is 0.391. The number of aliphatic hydroxyl groups excluding tert-OH is 1. The van der Waals surface area contributed by atoms with Crippen molar-refractivity contribution in [2.45, 2.75) is 26.1 Å². The lowest BCUT2D eigenvalue weighted by Crippen LogP contribution is -2.34. The van der Waals surface area contributed by atoms with E-state index in [0.717, 1.165) is 0 Å². The van der Waals surface area contributed by atoms with E-state index in [1.54, 1.807) is 24.0 Å². The number of hydrogen-bond acceptors (Lipinski definition) is 6. The third kappa shape index (κ3) is 6.34. The Bertz CT molecular complexity index is 1080. The Labute approximate surface area is 205 Å². The van der Waals surface area contributed by atoms with Crippen LogP contribution in [0.3, 0.4) is 0 Å². The van der Waals surface area contributed by atoms with Crippen molar-refractivity contribution >= 4 is 35.2 Å². The number of anilines is 2. The maximum atomic E-state index is 14.4. The van der Waals surface area contributed by atoms with Gasteiger partial charge in [-0.05, 0) is 37.1 Å². The highest BCUT2D eigenvalue weighted by Gasteiger charge is 2.32. The molecule has 0 saturated heterocycles. The van der Waals surface area contributed by atoms with Crippen LogP contribution in [0.25, 0.3) is 0 Å². The standard InChI is InChI=1S/C23H25ClF4N4O3/c1-3-31(14-34)21(12-33)29-30(2)16-9-15-7-8-32(11-17-18(24)5-4-6-19(17)25)22(15)20(10-16)35-13-23(26,27)28/h4-6,9-10,14,33H,3,7-8,11-13H2,1-2H3/b29-21-. The second-order valence-electron chi connectivity index (χ2n) is 7.82. The summed E-state index contributed by atoms with van der Waals surface area (Å²) in [7, 11) is 1.54. The zero-order chi connectivity index (χ0) is 25.8. The first-order valence-corrected chi connectivity index (χ1v) is 11.1. The number of alkyl halides is 3. The van der Waals surface area contributed by atoms with Crippen molar-refractivity contribution in [1.29, 1.82) is 0 Å². The molecule has 0 aromatic heterocycles. The molecule has 1 heterocycles. The normalized spacial score (nSPS) is 13.6. The monoisotopic (exact) mass is 516 g/mol. The highest BCUT2D eigenvalue weighted by Crippen LogP contribution is 2.42. The van der Waals surface area contributed by atoms with E-state index in [0.29, 0.717) is 36.3 Å². The zero-order valence-corrected chi connectivity index (χ0v) is 19.9. The number of rotatable bonds is 9. The number of carbonyl (C=O) groups is 1. The van der Waals surface area contributed by atoms with E-state index in [1.165, 1.54) is 35.2 Å². The van der Waals surface area contributed by atoms with Gasteiger partial charge >= 0.3 is 6.18 Å². The number of amidine groups is 1. The number of fused-ring (bicyclic) bond motifs is 1. The molecule has 1 aliphatic heterocycles. The van der Waals surface area contributed by atoms with Crippen LogP contribution in [0.5, 0.6) is 5.75 Å². The summed E-state index contributed by atoms with van der Waals surface area (Å²) in [4.78, 5) is 14.1. The number of ether oxygens (including phenoxy) is 1. The van der Waals surface area contributed by atoms with Gasteiger partial charge in [0, 0.05) is 43.3 Å². The molecule has 0 radical (unpaired) electrons. The summed E-state index contributed by atoms with van der Waals surface area (Å²) in [5.41, 5.74) is 1.72. The highest BCUT2D eigenvalue weighted by molar-refractivity contribution is 6.31. The quantitative estimate of drug-likeness (QED) is 0.178. The molecule has 2 aromatic rings. The minimum atomic E-state index is -4.57. The van der Waals surface area contributed by atoms with Gasteiger partial charge in [-0.1, -0.05) is 17.7 Å². The molecule has 3 rings (SSSR count). The Kier molecular flexibility index (Phi) is 8.44. The van der Waals surface area contributed by atoms with Crippen LogP contribution in [0.4, 0.5) is 28.9 Å². The molecular formula is C23H25ClF4N4O3. The van der Waals surface area contributed by atoms with Gasteiger partial charge in [-0.3, -0.25) is 14.7 Å². The molecule has 0 fully saturated rings. The first-order valence-electron chi connectivity index (χ1n) is 10.8. The van der Waals surface area contributed by atoms with Gasteiger partial charge < -0.3 is 14.7 Å². The van der Waals surface area contributed by atoms with Crippen molar-refractivity contribution in [3.05, 3.63) is 52.3 Å². The predicted molar refractivity (Wildman–Crippen MR) is 126 cm³/mol. The Balaban J connectivity index is 2.01. The Morgan fingerprint density at radius 2 is 2.09 bits per heavy atom. The van der Waals surface area contributed by atoms with Crippen molar-refractivity contribution in [3.63, 3.8) is 0 Å². The minimum Gasteiger partial charge on any atom is -0.482 e. The first kappa shape index (κ1) is 26.6. The van der Waals surface area contributed by atoms with Crippen molar-refractivity contribution in [1.82, 2.24) is 4.90 Å². The Morgan fingerprint density at radius 1 is 1.34 bits per heavy atom. The molecule has 1 amide bonds. The van der Waals surface area contributed by atoms with Gasteiger partial charge in [0.2, 0.25) is 6.41 Å². The summed E-state index contributed by atoms with van der Waals surface area (Å²) in [6, 6.07) is 7.42. The van der Waals surface area contributed by atoms with Gasteiger partial charge in [0.15, 0.2) is 12.4 Å². The molecule has 0 bridgehead atoms. The van der Waals surface area contributed by atoms with Gasteiger partial charge in [0.1, 0.15) is 18.2 Å². The van der Waals surface area contributed by atoms with Crippen molar-refractivity contribution < 1.29 is 32.2 Å². The second-order valence-corrected chi connectivity index (χ2v) is 8.22. The number of benzene rings is 2. The number of aliphatic hydroxyl groups is 1. The van der Waals surface area contributed by atoms with Gasteiger partial charge in [-0.25, -0.2) is 4.39 Å². The van der Waals surface area contributed by atoms with E-state index in [1.807, 2.05) is 0 Å². The molecule has 35 heavy (non-hydrogen) atoms. The van der Waals surface area contributed by atoms with Crippen LogP contribution in [0, 0.1) is 5.82 Å². The molecule has 0 saturated carbocycles. The van der Waals surface area contributed by atoms with E-state index in [-0.39, 0.29) is 35.3 Å². The average Bonchev–Trinajstić information content (AvgIpc) is 3.22.